The van der Waals surface area contributed by atoms with Crippen LogP contribution in [0.25, 0.3) is 0 Å². The summed E-state index contributed by atoms with van der Waals surface area (Å²) in [6.07, 6.45) is 1.36. The molecule has 234 valence electrons. The number of tetrazole rings is 1. The molecule has 1 fully saturated rings. The molecule has 0 spiro atoms. The molecular formula is C25H34N8O7S3. The smallest absolute Gasteiger partial charge is 0.352 e. The number of sulfonamides is 1. The summed E-state index contributed by atoms with van der Waals surface area (Å²) in [5.74, 6) is -2.65. The van der Waals surface area contributed by atoms with Gasteiger partial charge in [-0.15, -0.1) is 16.9 Å². The number of thioether (sulfide) groups is 2. The normalized spacial score (nSPS) is 20.0. The van der Waals surface area contributed by atoms with Gasteiger partial charge in [-0.3, -0.25) is 14.5 Å². The summed E-state index contributed by atoms with van der Waals surface area (Å²) < 4.78 is 27.9. The number of fused-ring (bicyclic) bond motifs is 1. The number of nitrogens with zero attached hydrogens (tertiary/aromatic N) is 5. The fourth-order valence-corrected chi connectivity index (χ4v) is 9.29. The number of phenols is 1. The van der Waals surface area contributed by atoms with Crippen LogP contribution < -0.4 is 11.1 Å². The van der Waals surface area contributed by atoms with E-state index in [-0.39, 0.29) is 34.5 Å². The molecule has 3 unspecified atom stereocenters. The number of nitrogens with one attached hydrogen (secondary N) is 2. The Balaban J connectivity index is 1.56. The van der Waals surface area contributed by atoms with Gasteiger partial charge in [0.2, 0.25) is 21.1 Å². The summed E-state index contributed by atoms with van der Waals surface area (Å²) in [7, 11) is -3.65. The van der Waals surface area contributed by atoms with Crippen LogP contribution in [-0.4, -0.2) is 108 Å². The second-order valence-corrected chi connectivity index (χ2v) is 14.3. The van der Waals surface area contributed by atoms with Gasteiger partial charge in [-0.05, 0) is 53.0 Å². The average Bonchev–Trinajstić information content (AvgIpc) is 3.50. The summed E-state index contributed by atoms with van der Waals surface area (Å²) in [4.78, 5) is 39.8. The molecule has 0 saturated carbocycles. The van der Waals surface area contributed by atoms with Crippen molar-refractivity contribution in [1.82, 2.24) is 35.1 Å². The van der Waals surface area contributed by atoms with Crippen molar-refractivity contribution in [3.05, 3.63) is 41.1 Å². The van der Waals surface area contributed by atoms with Gasteiger partial charge >= 0.3 is 5.97 Å². The topological polar surface area (TPSA) is 225 Å². The van der Waals surface area contributed by atoms with Crippen molar-refractivity contribution >= 4 is 51.3 Å². The van der Waals surface area contributed by atoms with E-state index >= 15 is 0 Å². The molecule has 2 amide bonds. The zero-order chi connectivity index (χ0) is 31.3. The average molecular weight is 655 g/mol. The standard InChI is InChI=1S/C25H34N8O7S3/c1-3-10-32(11-4-2)43(39,40)12-9-17(42-25-28-30-31-29-25)16-13-41-23-19(22(36)33(23)20(16)24(37)38)27-21(35)18(26)14-5-7-15(34)8-6-14/h5-8,17-19,23,34H,3-4,9-13,26H2,1-2H3,(H,27,35)(H,37,38)(H,28,29,30,31)/t17?,18?,19?,23-/m0/s1. The number of nitrogens with two attached hydrogens (primary N) is 1. The van der Waals surface area contributed by atoms with Crippen molar-refractivity contribution in [1.29, 1.82) is 0 Å². The largest absolute Gasteiger partial charge is 0.508 e. The van der Waals surface area contributed by atoms with Crippen LogP contribution in [0.4, 0.5) is 0 Å². The molecule has 2 aliphatic heterocycles. The highest BCUT2D eigenvalue weighted by molar-refractivity contribution is 8.01. The maximum Gasteiger partial charge on any atom is 0.352 e. The first kappa shape index (κ1) is 32.7. The van der Waals surface area contributed by atoms with Gasteiger partial charge in [0.05, 0.1) is 5.75 Å². The molecule has 18 heteroatoms. The zero-order valence-electron chi connectivity index (χ0n) is 23.5. The van der Waals surface area contributed by atoms with Crippen molar-refractivity contribution in [2.24, 2.45) is 5.73 Å². The summed E-state index contributed by atoms with van der Waals surface area (Å²) >= 11 is 2.36. The maximum atomic E-state index is 13.3. The van der Waals surface area contributed by atoms with E-state index in [0.29, 0.717) is 37.1 Å². The van der Waals surface area contributed by atoms with E-state index in [2.05, 4.69) is 25.9 Å². The lowest BCUT2D eigenvalue weighted by atomic mass is 9.99. The number of aromatic amines is 1. The Labute approximate surface area is 257 Å². The molecule has 3 heterocycles. The second kappa shape index (κ2) is 14.1. The van der Waals surface area contributed by atoms with Crippen molar-refractivity contribution < 1.29 is 33.0 Å². The van der Waals surface area contributed by atoms with Crippen LogP contribution in [0.1, 0.15) is 44.7 Å². The van der Waals surface area contributed by atoms with Crippen LogP contribution in [0, 0.1) is 0 Å². The number of aromatic nitrogens is 4. The molecule has 1 aromatic carbocycles. The number of carbonyl (C=O) groups excluding carboxylic acids is 2. The minimum atomic E-state index is -3.65. The van der Waals surface area contributed by atoms with Crippen molar-refractivity contribution in [3.8, 4) is 5.75 Å². The van der Waals surface area contributed by atoms with E-state index < -0.39 is 50.5 Å². The molecule has 2 aromatic rings. The van der Waals surface area contributed by atoms with Gasteiger partial charge in [0.15, 0.2) is 0 Å². The van der Waals surface area contributed by atoms with E-state index in [1.807, 2.05) is 13.8 Å². The molecule has 4 atom stereocenters. The van der Waals surface area contributed by atoms with Crippen LogP contribution in [0.2, 0.25) is 0 Å². The van der Waals surface area contributed by atoms with Gasteiger partial charge in [0, 0.05) is 24.1 Å². The Morgan fingerprint density at radius 3 is 2.51 bits per heavy atom. The van der Waals surface area contributed by atoms with Crippen LogP contribution >= 0.6 is 23.5 Å². The monoisotopic (exact) mass is 654 g/mol. The van der Waals surface area contributed by atoms with E-state index in [4.69, 9.17) is 5.73 Å². The van der Waals surface area contributed by atoms with Gasteiger partial charge < -0.3 is 21.3 Å². The summed E-state index contributed by atoms with van der Waals surface area (Å²) in [6.45, 7) is 4.56. The Morgan fingerprint density at radius 2 is 1.93 bits per heavy atom. The summed E-state index contributed by atoms with van der Waals surface area (Å²) in [5, 5.41) is 34.8. The quantitative estimate of drug-likeness (QED) is 0.132. The minimum Gasteiger partial charge on any atom is -0.508 e. The fraction of sp³-hybridized carbons (Fsp3) is 0.520. The molecule has 0 aliphatic carbocycles. The number of hydrogen-bond acceptors (Lipinski definition) is 12. The highest BCUT2D eigenvalue weighted by Crippen LogP contribution is 2.44. The van der Waals surface area contributed by atoms with Crippen molar-refractivity contribution in [2.45, 2.75) is 61.0 Å². The lowest BCUT2D eigenvalue weighted by Gasteiger charge is -2.50. The van der Waals surface area contributed by atoms with Gasteiger partial charge in [-0.2, -0.15) is 0 Å². The molecule has 43 heavy (non-hydrogen) atoms. The SMILES string of the molecule is CCCN(CCC)S(=O)(=O)CCC(Sc1nnn[nH]1)C1=C(C(=O)O)N2C(=O)C(NC(=O)C(N)c3ccc(O)cc3)[C@@H]2SC1. The highest BCUT2D eigenvalue weighted by Gasteiger charge is 2.55. The van der Waals surface area contributed by atoms with Gasteiger partial charge in [0.25, 0.3) is 5.91 Å². The molecule has 0 radical (unpaired) electrons. The molecule has 1 saturated heterocycles. The van der Waals surface area contributed by atoms with Crippen molar-refractivity contribution in [3.63, 3.8) is 0 Å². The molecule has 4 rings (SSSR count). The number of carbonyl (C=O) groups is 3. The van der Waals surface area contributed by atoms with E-state index in [1.54, 1.807) is 0 Å². The van der Waals surface area contributed by atoms with Gasteiger partial charge in [-0.25, -0.2) is 22.6 Å². The number of rotatable bonds is 15. The third-order valence-corrected chi connectivity index (χ3v) is 11.4. The molecule has 1 aromatic heterocycles. The number of carboxylic acid groups (broad SMARTS) is 1. The van der Waals surface area contributed by atoms with Crippen LogP contribution in [-0.2, 0) is 24.4 Å². The summed E-state index contributed by atoms with van der Waals surface area (Å²) in [6, 6.07) is 3.65. The Morgan fingerprint density at radius 1 is 1.26 bits per heavy atom. The first-order chi connectivity index (χ1) is 20.5. The fourth-order valence-electron chi connectivity index (χ4n) is 4.88. The van der Waals surface area contributed by atoms with Crippen LogP contribution in [0.3, 0.4) is 0 Å². The number of benzene rings is 1. The van der Waals surface area contributed by atoms with Crippen LogP contribution in [0.15, 0.2) is 40.7 Å². The number of phenolic OH excluding ortho intramolecular Hbond substituents is 1. The van der Waals surface area contributed by atoms with E-state index in [9.17, 15) is 33.0 Å². The first-order valence-corrected chi connectivity index (χ1v) is 17.2. The van der Waals surface area contributed by atoms with Crippen molar-refractivity contribution in [2.75, 3.05) is 24.6 Å². The minimum absolute atomic E-state index is 0.0106. The van der Waals surface area contributed by atoms with Gasteiger partial charge in [0.1, 0.15) is 28.9 Å². The molecule has 0 bridgehead atoms. The zero-order valence-corrected chi connectivity index (χ0v) is 26.0. The highest BCUT2D eigenvalue weighted by atomic mass is 32.2. The van der Waals surface area contributed by atoms with E-state index in [0.717, 1.165) is 16.7 Å². The number of carboxylic acids is 1. The molecule has 2 aliphatic rings. The Kier molecular flexibility index (Phi) is 10.7. The predicted octanol–water partition coefficient (Wildman–Crippen LogP) is 0.647. The number of aromatic hydroxyl groups is 1. The predicted molar refractivity (Wildman–Crippen MR) is 159 cm³/mol. The lowest BCUT2D eigenvalue weighted by molar-refractivity contribution is -0.150. The lowest BCUT2D eigenvalue weighted by Crippen LogP contribution is -2.71. The summed E-state index contributed by atoms with van der Waals surface area (Å²) in [5.41, 5.74) is 6.60. The van der Waals surface area contributed by atoms with Crippen LogP contribution in [0.5, 0.6) is 5.75 Å². The number of hydrogen-bond donors (Lipinski definition) is 5. The third-order valence-electron chi connectivity index (χ3n) is 6.98. The number of β-lactam (4-membered cyclic amide) rings is 1. The molecular weight excluding hydrogens is 621 g/mol. The Hall–Kier alpha value is -3.19. The molecule has 6 N–H and O–H groups in total. The number of aliphatic carboxylic acids is 1. The third kappa shape index (κ3) is 7.31. The first-order valence-electron chi connectivity index (χ1n) is 13.6. The molecule has 15 nitrogen and oxygen atoms in total. The van der Waals surface area contributed by atoms with E-state index in [1.165, 1.54) is 40.3 Å². The Bertz CT molecular complexity index is 1450. The number of H-pyrrole nitrogens is 1. The number of amides is 2. The maximum absolute atomic E-state index is 13.3. The second-order valence-electron chi connectivity index (χ2n) is 9.96. The van der Waals surface area contributed by atoms with Gasteiger partial charge in [-0.1, -0.05) is 37.7 Å².